The summed E-state index contributed by atoms with van der Waals surface area (Å²) in [4.78, 5) is 4.72. The standard InChI is InChI=1S/C12H23N5/c1-15-6-7-16(2)12(9-15)11(13)8-10-4-5-17(3)14-10/h4-5,11-12H,6-9,13H2,1-3H3. The first-order valence-electron chi connectivity index (χ1n) is 6.19. The lowest BCUT2D eigenvalue weighted by Crippen LogP contribution is -2.58. The monoisotopic (exact) mass is 237 g/mol. The smallest absolute Gasteiger partial charge is 0.0640 e. The van der Waals surface area contributed by atoms with Crippen LogP contribution in [0.4, 0.5) is 0 Å². The molecular weight excluding hydrogens is 214 g/mol. The Morgan fingerprint density at radius 3 is 2.82 bits per heavy atom. The fourth-order valence-electron chi connectivity index (χ4n) is 2.46. The second kappa shape index (κ2) is 5.16. The Morgan fingerprint density at radius 2 is 2.18 bits per heavy atom. The van der Waals surface area contributed by atoms with Crippen LogP contribution in [0.15, 0.2) is 12.3 Å². The van der Waals surface area contributed by atoms with Gasteiger partial charge in [-0.05, 0) is 20.2 Å². The number of hydrogen-bond acceptors (Lipinski definition) is 4. The van der Waals surface area contributed by atoms with Gasteiger partial charge in [0, 0.05) is 51.4 Å². The zero-order chi connectivity index (χ0) is 12.4. The molecule has 0 saturated carbocycles. The third kappa shape index (κ3) is 3.06. The van der Waals surface area contributed by atoms with Gasteiger partial charge in [0.2, 0.25) is 0 Å². The molecule has 96 valence electrons. The van der Waals surface area contributed by atoms with E-state index in [1.165, 1.54) is 0 Å². The minimum Gasteiger partial charge on any atom is -0.326 e. The van der Waals surface area contributed by atoms with Crippen molar-refractivity contribution in [2.24, 2.45) is 12.8 Å². The van der Waals surface area contributed by atoms with Gasteiger partial charge in [-0.2, -0.15) is 5.10 Å². The molecule has 0 spiro atoms. The van der Waals surface area contributed by atoms with E-state index in [2.05, 4.69) is 29.0 Å². The van der Waals surface area contributed by atoms with E-state index in [4.69, 9.17) is 5.73 Å². The molecule has 0 radical (unpaired) electrons. The summed E-state index contributed by atoms with van der Waals surface area (Å²) in [6, 6.07) is 2.63. The van der Waals surface area contributed by atoms with E-state index >= 15 is 0 Å². The van der Waals surface area contributed by atoms with E-state index in [0.29, 0.717) is 6.04 Å². The van der Waals surface area contributed by atoms with E-state index in [1.807, 2.05) is 24.0 Å². The van der Waals surface area contributed by atoms with Gasteiger partial charge in [-0.1, -0.05) is 0 Å². The third-order valence-corrected chi connectivity index (χ3v) is 3.61. The molecule has 2 rings (SSSR count). The summed E-state index contributed by atoms with van der Waals surface area (Å²) in [6.07, 6.45) is 2.82. The summed E-state index contributed by atoms with van der Waals surface area (Å²) in [5.74, 6) is 0. The first kappa shape index (κ1) is 12.5. The van der Waals surface area contributed by atoms with Crippen LogP contribution >= 0.6 is 0 Å². The van der Waals surface area contributed by atoms with Crippen molar-refractivity contribution in [2.75, 3.05) is 33.7 Å². The molecule has 0 aliphatic carbocycles. The topological polar surface area (TPSA) is 50.3 Å². The van der Waals surface area contributed by atoms with Crippen molar-refractivity contribution in [2.45, 2.75) is 18.5 Å². The van der Waals surface area contributed by atoms with Gasteiger partial charge >= 0.3 is 0 Å². The highest BCUT2D eigenvalue weighted by Gasteiger charge is 2.27. The van der Waals surface area contributed by atoms with Crippen molar-refractivity contribution in [3.05, 3.63) is 18.0 Å². The van der Waals surface area contributed by atoms with Crippen molar-refractivity contribution < 1.29 is 0 Å². The second-order valence-corrected chi connectivity index (χ2v) is 5.16. The normalized spacial score (nSPS) is 25.1. The quantitative estimate of drug-likeness (QED) is 0.772. The Labute approximate surface area is 103 Å². The van der Waals surface area contributed by atoms with E-state index in [1.54, 1.807) is 0 Å². The molecular formula is C12H23N5. The molecule has 5 heteroatoms. The zero-order valence-electron chi connectivity index (χ0n) is 11.0. The fraction of sp³-hybridized carbons (Fsp3) is 0.750. The summed E-state index contributed by atoms with van der Waals surface area (Å²) in [5, 5.41) is 4.39. The van der Waals surface area contributed by atoms with Crippen LogP contribution in [0.2, 0.25) is 0 Å². The first-order valence-corrected chi connectivity index (χ1v) is 6.19. The average Bonchev–Trinajstić information content (AvgIpc) is 2.67. The lowest BCUT2D eigenvalue weighted by molar-refractivity contribution is 0.0971. The number of rotatable bonds is 3. The molecule has 0 amide bonds. The minimum absolute atomic E-state index is 0.151. The van der Waals surface area contributed by atoms with Crippen molar-refractivity contribution in [3.63, 3.8) is 0 Å². The number of nitrogens with two attached hydrogens (primary N) is 1. The van der Waals surface area contributed by atoms with Crippen molar-refractivity contribution >= 4 is 0 Å². The number of piperazine rings is 1. The molecule has 1 fully saturated rings. The maximum absolute atomic E-state index is 6.32. The molecule has 2 N–H and O–H groups in total. The Balaban J connectivity index is 1.96. The van der Waals surface area contributed by atoms with Gasteiger partial charge in [0.05, 0.1) is 5.69 Å². The Morgan fingerprint density at radius 1 is 1.41 bits per heavy atom. The molecule has 1 aliphatic heterocycles. The molecule has 2 atom stereocenters. The van der Waals surface area contributed by atoms with Gasteiger partial charge < -0.3 is 10.6 Å². The highest BCUT2D eigenvalue weighted by Crippen LogP contribution is 2.11. The largest absolute Gasteiger partial charge is 0.326 e. The predicted octanol–water partition coefficient (Wildman–Crippen LogP) is -0.464. The van der Waals surface area contributed by atoms with Crippen molar-refractivity contribution in [3.8, 4) is 0 Å². The van der Waals surface area contributed by atoms with Crippen LogP contribution in [0, 0.1) is 0 Å². The third-order valence-electron chi connectivity index (χ3n) is 3.61. The number of likely N-dealkylation sites (N-methyl/N-ethyl adjacent to an activating group) is 2. The summed E-state index contributed by atoms with van der Waals surface area (Å²) in [6.45, 7) is 3.27. The van der Waals surface area contributed by atoms with Gasteiger partial charge in [0.15, 0.2) is 0 Å². The SMILES string of the molecule is CN1CCN(C)C(C(N)Cc2ccn(C)n2)C1. The predicted molar refractivity (Wildman–Crippen MR) is 68.8 cm³/mol. The van der Waals surface area contributed by atoms with Gasteiger partial charge in [-0.3, -0.25) is 9.58 Å². The average molecular weight is 237 g/mol. The van der Waals surface area contributed by atoms with Crippen molar-refractivity contribution in [1.29, 1.82) is 0 Å². The molecule has 1 saturated heterocycles. The Kier molecular flexibility index (Phi) is 3.81. The van der Waals surface area contributed by atoms with Crippen LogP contribution in [0.5, 0.6) is 0 Å². The maximum Gasteiger partial charge on any atom is 0.0640 e. The summed E-state index contributed by atoms with van der Waals surface area (Å²) >= 11 is 0. The van der Waals surface area contributed by atoms with Gasteiger partial charge in [0.1, 0.15) is 0 Å². The fourth-order valence-corrected chi connectivity index (χ4v) is 2.46. The number of aromatic nitrogens is 2. The second-order valence-electron chi connectivity index (χ2n) is 5.16. The lowest BCUT2D eigenvalue weighted by Gasteiger charge is -2.40. The highest BCUT2D eigenvalue weighted by molar-refractivity contribution is 5.03. The van der Waals surface area contributed by atoms with E-state index in [9.17, 15) is 0 Å². The summed E-state index contributed by atoms with van der Waals surface area (Å²) in [5.41, 5.74) is 7.41. The Hall–Kier alpha value is -0.910. The number of aryl methyl sites for hydroxylation is 1. The van der Waals surface area contributed by atoms with Crippen LogP contribution in [-0.2, 0) is 13.5 Å². The highest BCUT2D eigenvalue weighted by atomic mass is 15.3. The molecule has 0 aromatic carbocycles. The molecule has 17 heavy (non-hydrogen) atoms. The van der Waals surface area contributed by atoms with Crippen LogP contribution < -0.4 is 5.73 Å². The summed E-state index contributed by atoms with van der Waals surface area (Å²) < 4.78 is 1.83. The molecule has 1 aromatic rings. The van der Waals surface area contributed by atoms with E-state index in [-0.39, 0.29) is 6.04 Å². The van der Waals surface area contributed by atoms with Crippen LogP contribution in [0.3, 0.4) is 0 Å². The minimum atomic E-state index is 0.151. The molecule has 1 aromatic heterocycles. The van der Waals surface area contributed by atoms with Gasteiger partial charge in [-0.15, -0.1) is 0 Å². The molecule has 2 unspecified atom stereocenters. The van der Waals surface area contributed by atoms with Crippen LogP contribution in [-0.4, -0.2) is 65.4 Å². The van der Waals surface area contributed by atoms with Crippen molar-refractivity contribution in [1.82, 2.24) is 19.6 Å². The number of hydrogen-bond donors (Lipinski definition) is 1. The number of nitrogens with zero attached hydrogens (tertiary/aromatic N) is 4. The van der Waals surface area contributed by atoms with E-state index < -0.39 is 0 Å². The molecule has 2 heterocycles. The van der Waals surface area contributed by atoms with Crippen LogP contribution in [0.1, 0.15) is 5.69 Å². The maximum atomic E-state index is 6.32. The van der Waals surface area contributed by atoms with E-state index in [0.717, 1.165) is 31.7 Å². The van der Waals surface area contributed by atoms with Gasteiger partial charge in [0.25, 0.3) is 0 Å². The molecule has 5 nitrogen and oxygen atoms in total. The van der Waals surface area contributed by atoms with Crippen LogP contribution in [0.25, 0.3) is 0 Å². The summed E-state index contributed by atoms with van der Waals surface area (Å²) in [7, 11) is 6.26. The lowest BCUT2D eigenvalue weighted by atomic mass is 10.0. The molecule has 1 aliphatic rings. The van der Waals surface area contributed by atoms with Gasteiger partial charge in [-0.25, -0.2) is 0 Å². The molecule has 0 bridgehead atoms. The first-order chi connectivity index (χ1) is 8.06. The Bertz CT molecular complexity index is 362. The zero-order valence-corrected chi connectivity index (χ0v) is 11.0.